The third-order valence-corrected chi connectivity index (χ3v) is 3.30. The summed E-state index contributed by atoms with van der Waals surface area (Å²) < 4.78 is 4.90. The molecule has 130 valence electrons. The number of rotatable bonds is 9. The number of anilines is 1. The second-order valence-electron chi connectivity index (χ2n) is 6.06. The van der Waals surface area contributed by atoms with Crippen LogP contribution in [0.4, 0.5) is 10.6 Å². The van der Waals surface area contributed by atoms with Crippen molar-refractivity contribution in [3.8, 4) is 0 Å². The minimum absolute atomic E-state index is 0.00339. The fourth-order valence-electron chi connectivity index (χ4n) is 1.93. The van der Waals surface area contributed by atoms with Gasteiger partial charge in [-0.2, -0.15) is 0 Å². The van der Waals surface area contributed by atoms with Crippen LogP contribution >= 0.6 is 0 Å². The third kappa shape index (κ3) is 7.67. The van der Waals surface area contributed by atoms with E-state index in [0.717, 1.165) is 19.3 Å². The van der Waals surface area contributed by atoms with Gasteiger partial charge < -0.3 is 20.1 Å². The van der Waals surface area contributed by atoms with Crippen LogP contribution in [0.3, 0.4) is 0 Å². The molecule has 0 saturated carbocycles. The number of hydrogen-bond acceptors (Lipinski definition) is 4. The van der Waals surface area contributed by atoms with Crippen LogP contribution in [0.5, 0.6) is 0 Å². The standard InChI is InChI=1S/C16H28N4O3/c1-5-6-8-17-16(22)20(9-7-12(2)3)11-15(21)18-14-10-13(4)23-19-14/h10,12H,5-9,11H2,1-4H3,(H,17,22)(H,18,19,21). The highest BCUT2D eigenvalue weighted by Gasteiger charge is 2.18. The molecule has 0 atom stereocenters. The molecule has 0 saturated heterocycles. The number of urea groups is 1. The zero-order valence-electron chi connectivity index (χ0n) is 14.5. The molecule has 0 bridgehead atoms. The molecule has 1 heterocycles. The monoisotopic (exact) mass is 324 g/mol. The van der Waals surface area contributed by atoms with Crippen molar-refractivity contribution in [1.82, 2.24) is 15.4 Å². The molecule has 7 heteroatoms. The number of carbonyl (C=O) groups excluding carboxylic acids is 2. The zero-order valence-corrected chi connectivity index (χ0v) is 14.5. The maximum Gasteiger partial charge on any atom is 0.317 e. The molecule has 7 nitrogen and oxygen atoms in total. The largest absolute Gasteiger partial charge is 0.360 e. The number of amides is 3. The quantitative estimate of drug-likeness (QED) is 0.684. The molecule has 1 aromatic heterocycles. The minimum Gasteiger partial charge on any atom is -0.360 e. The Balaban J connectivity index is 2.55. The van der Waals surface area contributed by atoms with E-state index in [0.29, 0.717) is 30.6 Å². The molecule has 2 N–H and O–H groups in total. The predicted molar refractivity (Wildman–Crippen MR) is 89.2 cm³/mol. The average Bonchev–Trinajstić information content (AvgIpc) is 2.88. The highest BCUT2D eigenvalue weighted by atomic mass is 16.5. The predicted octanol–water partition coefficient (Wildman–Crippen LogP) is 2.78. The Kier molecular flexibility index (Phi) is 8.15. The number of nitrogens with zero attached hydrogens (tertiary/aromatic N) is 2. The summed E-state index contributed by atoms with van der Waals surface area (Å²) in [7, 11) is 0. The Labute approximate surface area is 137 Å². The van der Waals surface area contributed by atoms with Crippen LogP contribution in [0.1, 0.15) is 45.8 Å². The molecule has 0 aliphatic carbocycles. The summed E-state index contributed by atoms with van der Waals surface area (Å²) in [5, 5.41) is 9.21. The zero-order chi connectivity index (χ0) is 17.2. The van der Waals surface area contributed by atoms with E-state index >= 15 is 0 Å². The Hall–Kier alpha value is -2.05. The van der Waals surface area contributed by atoms with Gasteiger partial charge in [-0.1, -0.05) is 32.3 Å². The molecule has 1 rings (SSSR count). The van der Waals surface area contributed by atoms with Crippen LogP contribution < -0.4 is 10.6 Å². The van der Waals surface area contributed by atoms with Crippen molar-refractivity contribution >= 4 is 17.8 Å². The first-order valence-electron chi connectivity index (χ1n) is 8.18. The lowest BCUT2D eigenvalue weighted by Crippen LogP contribution is -2.45. The van der Waals surface area contributed by atoms with Crippen molar-refractivity contribution in [2.75, 3.05) is 25.0 Å². The Bertz CT molecular complexity index is 499. The smallest absolute Gasteiger partial charge is 0.317 e. The minimum atomic E-state index is -0.285. The highest BCUT2D eigenvalue weighted by Crippen LogP contribution is 2.08. The maximum atomic E-state index is 12.2. The molecule has 0 aliphatic heterocycles. The maximum absolute atomic E-state index is 12.2. The fourth-order valence-corrected chi connectivity index (χ4v) is 1.93. The molecule has 0 aliphatic rings. The molecule has 3 amide bonds. The van der Waals surface area contributed by atoms with Gasteiger partial charge in [0, 0.05) is 19.2 Å². The number of unbranched alkanes of at least 4 members (excludes halogenated alkanes) is 1. The van der Waals surface area contributed by atoms with E-state index in [1.807, 2.05) is 0 Å². The van der Waals surface area contributed by atoms with Gasteiger partial charge in [0.15, 0.2) is 5.82 Å². The second-order valence-corrected chi connectivity index (χ2v) is 6.06. The van der Waals surface area contributed by atoms with Gasteiger partial charge in [0.05, 0.1) is 0 Å². The van der Waals surface area contributed by atoms with Crippen molar-refractivity contribution in [1.29, 1.82) is 0 Å². The van der Waals surface area contributed by atoms with Gasteiger partial charge in [0.2, 0.25) is 5.91 Å². The van der Waals surface area contributed by atoms with E-state index < -0.39 is 0 Å². The molecule has 0 fully saturated rings. The molecule has 0 radical (unpaired) electrons. The van der Waals surface area contributed by atoms with Crippen LogP contribution in [0.2, 0.25) is 0 Å². The van der Waals surface area contributed by atoms with Gasteiger partial charge in [-0.3, -0.25) is 4.79 Å². The lowest BCUT2D eigenvalue weighted by molar-refractivity contribution is -0.116. The summed E-state index contributed by atoms with van der Waals surface area (Å²) in [5.74, 6) is 1.16. The lowest BCUT2D eigenvalue weighted by Gasteiger charge is -2.23. The Morgan fingerprint density at radius 2 is 2.13 bits per heavy atom. The Morgan fingerprint density at radius 1 is 1.39 bits per heavy atom. The fraction of sp³-hybridized carbons (Fsp3) is 0.688. The van der Waals surface area contributed by atoms with Crippen molar-refractivity contribution in [2.45, 2.75) is 47.0 Å². The molecule has 0 unspecified atom stereocenters. The first-order valence-corrected chi connectivity index (χ1v) is 8.18. The summed E-state index contributed by atoms with van der Waals surface area (Å²) in [6.45, 7) is 9.15. The molecule has 1 aromatic rings. The molecule has 0 aromatic carbocycles. The summed E-state index contributed by atoms with van der Waals surface area (Å²) in [6, 6.07) is 1.43. The van der Waals surface area contributed by atoms with E-state index in [1.165, 1.54) is 4.90 Å². The number of aromatic nitrogens is 1. The number of aryl methyl sites for hydroxylation is 1. The number of carbonyl (C=O) groups is 2. The van der Waals surface area contributed by atoms with E-state index in [9.17, 15) is 9.59 Å². The first-order chi connectivity index (χ1) is 10.9. The van der Waals surface area contributed by atoms with Crippen LogP contribution in [-0.4, -0.2) is 41.6 Å². The molecule has 23 heavy (non-hydrogen) atoms. The summed E-state index contributed by atoms with van der Waals surface area (Å²) in [4.78, 5) is 25.9. The van der Waals surface area contributed by atoms with Gasteiger partial charge in [-0.05, 0) is 25.7 Å². The number of hydrogen-bond donors (Lipinski definition) is 2. The van der Waals surface area contributed by atoms with E-state index in [2.05, 4.69) is 36.6 Å². The molecule has 0 spiro atoms. The van der Waals surface area contributed by atoms with Crippen molar-refractivity contribution in [3.63, 3.8) is 0 Å². The van der Waals surface area contributed by atoms with Crippen molar-refractivity contribution in [2.24, 2.45) is 5.92 Å². The topological polar surface area (TPSA) is 87.5 Å². The SMILES string of the molecule is CCCCNC(=O)N(CCC(C)C)CC(=O)Nc1cc(C)on1. The van der Waals surface area contributed by atoms with Gasteiger partial charge in [-0.25, -0.2) is 4.79 Å². The van der Waals surface area contributed by atoms with E-state index in [1.54, 1.807) is 13.0 Å². The van der Waals surface area contributed by atoms with Crippen molar-refractivity contribution < 1.29 is 14.1 Å². The second kappa shape index (κ2) is 9.86. The third-order valence-electron chi connectivity index (χ3n) is 3.30. The molecular weight excluding hydrogens is 296 g/mol. The van der Waals surface area contributed by atoms with Crippen LogP contribution in [0.15, 0.2) is 10.6 Å². The van der Waals surface area contributed by atoms with E-state index in [-0.39, 0.29) is 18.5 Å². The Morgan fingerprint density at radius 3 is 2.70 bits per heavy atom. The molecular formula is C16H28N4O3. The van der Waals surface area contributed by atoms with Crippen LogP contribution in [0, 0.1) is 12.8 Å². The first kappa shape index (κ1) is 19.0. The van der Waals surface area contributed by atoms with Crippen molar-refractivity contribution in [3.05, 3.63) is 11.8 Å². The summed E-state index contributed by atoms with van der Waals surface area (Å²) in [5.41, 5.74) is 0. The number of nitrogens with one attached hydrogen (secondary N) is 2. The highest BCUT2D eigenvalue weighted by molar-refractivity contribution is 5.93. The van der Waals surface area contributed by atoms with Gasteiger partial charge in [0.25, 0.3) is 0 Å². The lowest BCUT2D eigenvalue weighted by atomic mass is 10.1. The average molecular weight is 324 g/mol. The summed E-state index contributed by atoms with van der Waals surface area (Å²) >= 11 is 0. The summed E-state index contributed by atoms with van der Waals surface area (Å²) in [6.07, 6.45) is 2.78. The van der Waals surface area contributed by atoms with Gasteiger partial charge >= 0.3 is 6.03 Å². The van der Waals surface area contributed by atoms with Crippen LogP contribution in [0.25, 0.3) is 0 Å². The van der Waals surface area contributed by atoms with Crippen LogP contribution in [-0.2, 0) is 4.79 Å². The van der Waals surface area contributed by atoms with Gasteiger partial charge in [0.1, 0.15) is 12.3 Å². The van der Waals surface area contributed by atoms with Gasteiger partial charge in [-0.15, -0.1) is 0 Å². The normalized spacial score (nSPS) is 10.7. The van der Waals surface area contributed by atoms with E-state index in [4.69, 9.17) is 4.52 Å².